The highest BCUT2D eigenvalue weighted by Crippen LogP contribution is 2.32. The number of hydrogen-bond donors (Lipinski definition) is 1. The quantitative estimate of drug-likeness (QED) is 0.816. The molecule has 0 amide bonds. The van der Waals surface area contributed by atoms with Crippen LogP contribution in [0.5, 0.6) is 0 Å². The maximum Gasteiger partial charge on any atom is 0.234 e. The summed E-state index contributed by atoms with van der Waals surface area (Å²) < 4.78 is 1.83. The molecule has 1 saturated heterocycles. The fraction of sp³-hybridized carbons (Fsp3) is 0.700. The van der Waals surface area contributed by atoms with Crippen molar-refractivity contribution in [1.82, 2.24) is 25.1 Å². The molecule has 0 aromatic carbocycles. The number of aromatic nitrogens is 4. The third-order valence-electron chi connectivity index (χ3n) is 3.24. The average Bonchev–Trinajstić information content (AvgIpc) is 2.83. The third-order valence-corrected chi connectivity index (χ3v) is 4.40. The molecule has 1 N–H and O–H groups in total. The van der Waals surface area contributed by atoms with Gasteiger partial charge in [0.05, 0.1) is 5.54 Å². The van der Waals surface area contributed by atoms with E-state index in [1.54, 1.807) is 11.3 Å². The zero-order chi connectivity index (χ0) is 11.2. The molecule has 6 heteroatoms. The first kappa shape index (κ1) is 10.2. The molecule has 1 unspecified atom stereocenters. The van der Waals surface area contributed by atoms with Gasteiger partial charge in [-0.25, -0.2) is 0 Å². The lowest BCUT2D eigenvalue weighted by atomic mass is 9.92. The lowest BCUT2D eigenvalue weighted by Gasteiger charge is -2.32. The van der Waals surface area contributed by atoms with Crippen LogP contribution in [0.1, 0.15) is 37.0 Å². The molecule has 0 radical (unpaired) electrons. The monoisotopic (exact) mass is 237 g/mol. The Morgan fingerprint density at radius 3 is 2.94 bits per heavy atom. The Balaban J connectivity index is 2.04. The van der Waals surface area contributed by atoms with Crippen LogP contribution in [0.25, 0.3) is 4.96 Å². The van der Waals surface area contributed by atoms with Gasteiger partial charge in [-0.05, 0) is 39.7 Å². The standard InChI is InChI=1S/C10H15N5S/c1-7-12-13-9-15(7)14-8(16-9)10(2)5-3-4-6-11-10/h11H,3-6H2,1-2H3. The Bertz CT molecular complexity index is 508. The highest BCUT2D eigenvalue weighted by atomic mass is 32.1. The third kappa shape index (κ3) is 1.44. The fourth-order valence-corrected chi connectivity index (χ4v) is 3.21. The topological polar surface area (TPSA) is 55.1 Å². The second-order valence-corrected chi connectivity index (χ2v) is 5.52. The molecule has 0 aliphatic carbocycles. The van der Waals surface area contributed by atoms with E-state index in [-0.39, 0.29) is 5.54 Å². The molecule has 2 aromatic heterocycles. The zero-order valence-corrected chi connectivity index (χ0v) is 10.3. The van der Waals surface area contributed by atoms with E-state index in [0.717, 1.165) is 28.8 Å². The van der Waals surface area contributed by atoms with E-state index in [2.05, 4.69) is 27.5 Å². The summed E-state index contributed by atoms with van der Waals surface area (Å²) in [5.41, 5.74) is 0.0239. The Morgan fingerprint density at radius 2 is 2.25 bits per heavy atom. The smallest absolute Gasteiger partial charge is 0.234 e. The number of aryl methyl sites for hydroxylation is 1. The minimum absolute atomic E-state index is 0.0239. The van der Waals surface area contributed by atoms with Gasteiger partial charge in [0.15, 0.2) is 5.82 Å². The molecular formula is C10H15N5S. The normalized spacial score (nSPS) is 26.4. The van der Waals surface area contributed by atoms with Crippen LogP contribution in [0, 0.1) is 6.92 Å². The lowest BCUT2D eigenvalue weighted by molar-refractivity contribution is 0.280. The Labute approximate surface area is 97.9 Å². The van der Waals surface area contributed by atoms with E-state index in [0.29, 0.717) is 0 Å². The predicted molar refractivity (Wildman–Crippen MR) is 62.6 cm³/mol. The van der Waals surface area contributed by atoms with Crippen molar-refractivity contribution >= 4 is 16.3 Å². The summed E-state index contributed by atoms with van der Waals surface area (Å²) in [6, 6.07) is 0. The van der Waals surface area contributed by atoms with Gasteiger partial charge in [-0.15, -0.1) is 10.2 Å². The summed E-state index contributed by atoms with van der Waals surface area (Å²) in [6.45, 7) is 5.24. The number of piperidine rings is 1. The molecule has 1 aliphatic rings. The van der Waals surface area contributed by atoms with Crippen LogP contribution in [0.4, 0.5) is 0 Å². The minimum Gasteiger partial charge on any atom is -0.306 e. The van der Waals surface area contributed by atoms with E-state index in [1.807, 2.05) is 11.4 Å². The first-order valence-corrected chi connectivity index (χ1v) is 6.45. The van der Waals surface area contributed by atoms with E-state index in [4.69, 9.17) is 0 Å². The first-order chi connectivity index (χ1) is 7.69. The van der Waals surface area contributed by atoms with Crippen molar-refractivity contribution in [2.24, 2.45) is 0 Å². The van der Waals surface area contributed by atoms with Crippen LogP contribution in [0.2, 0.25) is 0 Å². The van der Waals surface area contributed by atoms with Crippen molar-refractivity contribution in [1.29, 1.82) is 0 Å². The molecule has 16 heavy (non-hydrogen) atoms. The molecule has 0 spiro atoms. The molecule has 3 rings (SSSR count). The van der Waals surface area contributed by atoms with E-state index in [1.165, 1.54) is 12.8 Å². The van der Waals surface area contributed by atoms with Crippen molar-refractivity contribution in [3.63, 3.8) is 0 Å². The number of nitrogens with one attached hydrogen (secondary N) is 1. The van der Waals surface area contributed by atoms with Crippen LogP contribution >= 0.6 is 11.3 Å². The highest BCUT2D eigenvalue weighted by Gasteiger charge is 2.32. The molecule has 1 fully saturated rings. The molecule has 5 nitrogen and oxygen atoms in total. The lowest BCUT2D eigenvalue weighted by Crippen LogP contribution is -2.43. The fourth-order valence-electron chi connectivity index (χ4n) is 2.18. The zero-order valence-electron chi connectivity index (χ0n) is 9.53. The summed E-state index contributed by atoms with van der Waals surface area (Å²) in [7, 11) is 0. The molecule has 1 atom stereocenters. The van der Waals surface area contributed by atoms with Gasteiger partial charge >= 0.3 is 0 Å². The number of hydrogen-bond acceptors (Lipinski definition) is 5. The Kier molecular flexibility index (Phi) is 2.22. The predicted octanol–water partition coefficient (Wildman–Crippen LogP) is 1.48. The number of fused-ring (bicyclic) bond motifs is 1. The molecule has 86 valence electrons. The van der Waals surface area contributed by atoms with E-state index < -0.39 is 0 Å². The van der Waals surface area contributed by atoms with Gasteiger partial charge in [0, 0.05) is 0 Å². The van der Waals surface area contributed by atoms with Crippen LogP contribution in [0.3, 0.4) is 0 Å². The second kappa shape index (κ2) is 3.49. The van der Waals surface area contributed by atoms with Crippen LogP contribution in [-0.4, -0.2) is 26.4 Å². The van der Waals surface area contributed by atoms with Gasteiger partial charge in [-0.2, -0.15) is 9.61 Å². The van der Waals surface area contributed by atoms with Gasteiger partial charge in [0.1, 0.15) is 5.01 Å². The van der Waals surface area contributed by atoms with Crippen molar-refractivity contribution < 1.29 is 0 Å². The van der Waals surface area contributed by atoms with Crippen molar-refractivity contribution in [2.45, 2.75) is 38.6 Å². The molecular weight excluding hydrogens is 222 g/mol. The minimum atomic E-state index is 0.0239. The van der Waals surface area contributed by atoms with Crippen molar-refractivity contribution in [3.05, 3.63) is 10.8 Å². The number of rotatable bonds is 1. The maximum atomic E-state index is 4.62. The summed E-state index contributed by atoms with van der Waals surface area (Å²) in [5.74, 6) is 0.858. The largest absolute Gasteiger partial charge is 0.306 e. The van der Waals surface area contributed by atoms with Crippen molar-refractivity contribution in [2.75, 3.05) is 6.54 Å². The first-order valence-electron chi connectivity index (χ1n) is 5.63. The molecule has 2 aromatic rings. The highest BCUT2D eigenvalue weighted by molar-refractivity contribution is 7.16. The van der Waals surface area contributed by atoms with E-state index in [9.17, 15) is 0 Å². The summed E-state index contributed by atoms with van der Waals surface area (Å²) in [6.07, 6.45) is 3.68. The summed E-state index contributed by atoms with van der Waals surface area (Å²) in [5, 5.41) is 17.4. The molecule has 1 aliphatic heterocycles. The maximum absolute atomic E-state index is 4.62. The van der Waals surface area contributed by atoms with Crippen LogP contribution < -0.4 is 5.32 Å². The van der Waals surface area contributed by atoms with Crippen LogP contribution in [-0.2, 0) is 5.54 Å². The molecule has 0 bridgehead atoms. The molecule has 3 heterocycles. The van der Waals surface area contributed by atoms with Crippen molar-refractivity contribution in [3.8, 4) is 0 Å². The van der Waals surface area contributed by atoms with Gasteiger partial charge in [0.2, 0.25) is 4.96 Å². The second-order valence-electron chi connectivity index (χ2n) is 4.56. The molecule has 0 saturated carbocycles. The van der Waals surface area contributed by atoms with Crippen LogP contribution in [0.15, 0.2) is 0 Å². The summed E-state index contributed by atoms with van der Waals surface area (Å²) in [4.78, 5) is 0.890. The Hall–Kier alpha value is -1.01. The van der Waals surface area contributed by atoms with E-state index >= 15 is 0 Å². The van der Waals surface area contributed by atoms with Gasteiger partial charge in [-0.3, -0.25) is 0 Å². The SMILES string of the molecule is Cc1nnc2sc(C3(C)CCCCN3)nn12. The summed E-state index contributed by atoms with van der Waals surface area (Å²) >= 11 is 1.64. The number of nitrogens with zero attached hydrogens (tertiary/aromatic N) is 4. The Morgan fingerprint density at radius 1 is 1.38 bits per heavy atom. The average molecular weight is 237 g/mol. The van der Waals surface area contributed by atoms with Gasteiger partial charge in [-0.1, -0.05) is 11.3 Å². The van der Waals surface area contributed by atoms with Gasteiger partial charge < -0.3 is 5.32 Å². The van der Waals surface area contributed by atoms with Gasteiger partial charge in [0.25, 0.3) is 0 Å².